The molecule has 0 spiro atoms. The molecular formula is C21H17FN4O. The molecule has 4 aromatic rings. The lowest BCUT2D eigenvalue weighted by atomic mass is 10.2. The lowest BCUT2D eigenvalue weighted by Crippen LogP contribution is -2.26. The lowest BCUT2D eigenvalue weighted by molar-refractivity contribution is 0.624. The average molecular weight is 360 g/mol. The first-order valence-electron chi connectivity index (χ1n) is 8.99. The molecule has 0 atom stereocenters. The molecule has 134 valence electrons. The summed E-state index contributed by atoms with van der Waals surface area (Å²) >= 11 is 0. The Bertz CT molecular complexity index is 1170. The second kappa shape index (κ2) is 6.16. The van der Waals surface area contributed by atoms with Crippen molar-refractivity contribution < 1.29 is 4.39 Å². The standard InChI is InChI=1S/C21H17FN4O/c22-16-8-10-17(11-9-16)26-20-18(12-23-26)19(15-6-7-15)24-25(21(20)27)13-14-4-2-1-3-5-14/h1-5,8-12,15H,6-7,13H2. The highest BCUT2D eigenvalue weighted by Crippen LogP contribution is 2.41. The molecule has 0 aliphatic heterocycles. The van der Waals surface area contributed by atoms with Crippen molar-refractivity contribution in [3.05, 3.63) is 88.2 Å². The van der Waals surface area contributed by atoms with Crippen molar-refractivity contribution in [2.24, 2.45) is 0 Å². The van der Waals surface area contributed by atoms with E-state index in [1.807, 2.05) is 30.3 Å². The number of hydrogen-bond donors (Lipinski definition) is 0. The lowest BCUT2D eigenvalue weighted by Gasteiger charge is -2.10. The normalized spacial score (nSPS) is 14.0. The minimum atomic E-state index is -0.322. The first kappa shape index (κ1) is 15.9. The Labute approximate surface area is 154 Å². The predicted octanol–water partition coefficient (Wildman–Crippen LogP) is 3.65. The molecule has 6 heteroatoms. The highest BCUT2D eigenvalue weighted by atomic mass is 19.1. The van der Waals surface area contributed by atoms with Crippen LogP contribution in [0.2, 0.25) is 0 Å². The highest BCUT2D eigenvalue weighted by Gasteiger charge is 2.30. The van der Waals surface area contributed by atoms with Crippen LogP contribution in [0.1, 0.15) is 30.0 Å². The second-order valence-electron chi connectivity index (χ2n) is 6.90. The molecule has 2 heterocycles. The van der Waals surface area contributed by atoms with Gasteiger partial charge in [0.15, 0.2) is 0 Å². The Morgan fingerprint density at radius 2 is 1.78 bits per heavy atom. The fourth-order valence-electron chi connectivity index (χ4n) is 3.39. The predicted molar refractivity (Wildman–Crippen MR) is 101 cm³/mol. The fraction of sp³-hybridized carbons (Fsp3) is 0.190. The summed E-state index contributed by atoms with van der Waals surface area (Å²) in [6.07, 6.45) is 3.86. The highest BCUT2D eigenvalue weighted by molar-refractivity contribution is 5.82. The van der Waals surface area contributed by atoms with Gasteiger partial charge in [0.1, 0.15) is 11.3 Å². The van der Waals surface area contributed by atoms with Gasteiger partial charge in [-0.2, -0.15) is 10.2 Å². The Hall–Kier alpha value is -3.28. The number of halogens is 1. The van der Waals surface area contributed by atoms with E-state index in [1.165, 1.54) is 16.8 Å². The summed E-state index contributed by atoms with van der Waals surface area (Å²) in [5.41, 5.74) is 2.90. The van der Waals surface area contributed by atoms with Crippen LogP contribution >= 0.6 is 0 Å². The quantitative estimate of drug-likeness (QED) is 0.558. The molecular weight excluding hydrogens is 343 g/mol. The van der Waals surface area contributed by atoms with Gasteiger partial charge in [0.25, 0.3) is 5.56 Å². The third kappa shape index (κ3) is 2.83. The van der Waals surface area contributed by atoms with Gasteiger partial charge in [0.2, 0.25) is 0 Å². The van der Waals surface area contributed by atoms with E-state index in [0.29, 0.717) is 23.7 Å². The van der Waals surface area contributed by atoms with Crippen LogP contribution in [0.4, 0.5) is 4.39 Å². The van der Waals surface area contributed by atoms with Crippen molar-refractivity contribution in [1.29, 1.82) is 0 Å². The maximum atomic E-state index is 13.3. The Balaban J connectivity index is 1.72. The average Bonchev–Trinajstić information content (AvgIpc) is 3.44. The molecule has 0 N–H and O–H groups in total. The molecule has 5 rings (SSSR count). The molecule has 1 fully saturated rings. The van der Waals surface area contributed by atoms with Crippen molar-refractivity contribution in [1.82, 2.24) is 19.6 Å². The van der Waals surface area contributed by atoms with Crippen molar-refractivity contribution in [3.8, 4) is 5.69 Å². The summed E-state index contributed by atoms with van der Waals surface area (Å²) in [4.78, 5) is 13.2. The molecule has 0 bridgehead atoms. The van der Waals surface area contributed by atoms with E-state index in [9.17, 15) is 9.18 Å². The van der Waals surface area contributed by atoms with E-state index in [1.54, 1.807) is 23.0 Å². The van der Waals surface area contributed by atoms with Crippen LogP contribution in [-0.4, -0.2) is 19.6 Å². The molecule has 27 heavy (non-hydrogen) atoms. The summed E-state index contributed by atoms with van der Waals surface area (Å²) in [5.74, 6) is 0.0537. The molecule has 2 aromatic heterocycles. The van der Waals surface area contributed by atoms with E-state index >= 15 is 0 Å². The third-order valence-corrected chi connectivity index (χ3v) is 4.92. The molecule has 2 aromatic carbocycles. The van der Waals surface area contributed by atoms with E-state index in [-0.39, 0.29) is 11.4 Å². The summed E-state index contributed by atoms with van der Waals surface area (Å²) in [7, 11) is 0. The fourth-order valence-corrected chi connectivity index (χ4v) is 3.39. The number of nitrogens with zero attached hydrogens (tertiary/aromatic N) is 4. The number of aromatic nitrogens is 4. The van der Waals surface area contributed by atoms with Crippen molar-refractivity contribution >= 4 is 10.9 Å². The first-order valence-corrected chi connectivity index (χ1v) is 8.99. The van der Waals surface area contributed by atoms with E-state index < -0.39 is 0 Å². The molecule has 1 saturated carbocycles. The van der Waals surface area contributed by atoms with Gasteiger partial charge in [-0.05, 0) is 42.7 Å². The van der Waals surface area contributed by atoms with Gasteiger partial charge in [-0.25, -0.2) is 13.8 Å². The minimum absolute atomic E-state index is 0.194. The molecule has 0 radical (unpaired) electrons. The Morgan fingerprint density at radius 1 is 1.04 bits per heavy atom. The number of benzene rings is 2. The van der Waals surface area contributed by atoms with Crippen molar-refractivity contribution in [3.63, 3.8) is 0 Å². The molecule has 0 amide bonds. The maximum Gasteiger partial charge on any atom is 0.293 e. The Morgan fingerprint density at radius 3 is 2.48 bits per heavy atom. The second-order valence-corrected chi connectivity index (χ2v) is 6.90. The summed E-state index contributed by atoms with van der Waals surface area (Å²) < 4.78 is 16.4. The van der Waals surface area contributed by atoms with Crippen LogP contribution in [-0.2, 0) is 6.54 Å². The van der Waals surface area contributed by atoms with Crippen LogP contribution in [0.15, 0.2) is 65.6 Å². The first-order chi connectivity index (χ1) is 13.2. The molecule has 0 saturated heterocycles. The van der Waals surface area contributed by atoms with Gasteiger partial charge in [0.05, 0.1) is 24.1 Å². The zero-order valence-corrected chi connectivity index (χ0v) is 14.5. The van der Waals surface area contributed by atoms with Gasteiger partial charge in [0, 0.05) is 11.3 Å². The summed E-state index contributed by atoms with van der Waals surface area (Å²) in [6.45, 7) is 0.407. The summed E-state index contributed by atoms with van der Waals surface area (Å²) in [6, 6.07) is 15.8. The van der Waals surface area contributed by atoms with Crippen LogP contribution in [0.25, 0.3) is 16.6 Å². The number of fused-ring (bicyclic) bond motifs is 1. The van der Waals surface area contributed by atoms with Gasteiger partial charge in [-0.1, -0.05) is 30.3 Å². The maximum absolute atomic E-state index is 13.3. The minimum Gasteiger partial charge on any atom is -0.265 e. The SMILES string of the molecule is O=c1c2c(cnn2-c2ccc(F)cc2)c(C2CC2)nn1Cc1ccccc1. The molecule has 0 unspecified atom stereocenters. The summed E-state index contributed by atoms with van der Waals surface area (Å²) in [5, 5.41) is 9.87. The largest absolute Gasteiger partial charge is 0.293 e. The third-order valence-electron chi connectivity index (χ3n) is 4.92. The van der Waals surface area contributed by atoms with Gasteiger partial charge >= 0.3 is 0 Å². The molecule has 5 nitrogen and oxygen atoms in total. The molecule has 1 aliphatic rings. The smallest absolute Gasteiger partial charge is 0.265 e. The van der Waals surface area contributed by atoms with Gasteiger partial charge < -0.3 is 0 Å². The van der Waals surface area contributed by atoms with E-state index in [4.69, 9.17) is 0 Å². The zero-order valence-electron chi connectivity index (χ0n) is 14.5. The zero-order chi connectivity index (χ0) is 18.4. The van der Waals surface area contributed by atoms with Gasteiger partial charge in [-0.3, -0.25) is 4.79 Å². The monoisotopic (exact) mass is 360 g/mol. The molecule has 1 aliphatic carbocycles. The Kier molecular flexibility index (Phi) is 3.63. The van der Waals surface area contributed by atoms with Crippen LogP contribution in [0, 0.1) is 5.82 Å². The van der Waals surface area contributed by atoms with E-state index in [2.05, 4.69) is 10.2 Å². The van der Waals surface area contributed by atoms with Crippen LogP contribution < -0.4 is 5.56 Å². The van der Waals surface area contributed by atoms with E-state index in [0.717, 1.165) is 29.5 Å². The van der Waals surface area contributed by atoms with Crippen LogP contribution in [0.5, 0.6) is 0 Å². The van der Waals surface area contributed by atoms with Gasteiger partial charge in [-0.15, -0.1) is 0 Å². The number of hydrogen-bond acceptors (Lipinski definition) is 3. The van der Waals surface area contributed by atoms with Crippen molar-refractivity contribution in [2.75, 3.05) is 0 Å². The van der Waals surface area contributed by atoms with Crippen molar-refractivity contribution in [2.45, 2.75) is 25.3 Å². The van der Waals surface area contributed by atoms with Crippen LogP contribution in [0.3, 0.4) is 0 Å². The topological polar surface area (TPSA) is 52.7 Å². The number of rotatable bonds is 4.